The average Bonchev–Trinajstić information content (AvgIpc) is 2.82. The zero-order valence-corrected chi connectivity index (χ0v) is 21.0. The minimum atomic E-state index is 0.0894. The fourth-order valence-electron chi connectivity index (χ4n) is 7.06. The van der Waals surface area contributed by atoms with Crippen molar-refractivity contribution in [3.63, 3.8) is 0 Å². The number of hydrogen-bond acceptors (Lipinski definition) is 1. The molecule has 180 valence electrons. The first kappa shape index (κ1) is 24.2. The maximum atomic E-state index is 15.3. The van der Waals surface area contributed by atoms with Crippen LogP contribution in [0.25, 0.3) is 0 Å². The van der Waals surface area contributed by atoms with Gasteiger partial charge in [-0.25, -0.2) is 4.39 Å². The van der Waals surface area contributed by atoms with E-state index in [1.807, 2.05) is 14.0 Å². The third kappa shape index (κ3) is 6.37. The molecule has 0 saturated heterocycles. The van der Waals surface area contributed by atoms with Crippen molar-refractivity contribution in [1.82, 2.24) is 0 Å². The Bertz CT molecular complexity index is 704. The highest BCUT2D eigenvalue weighted by atomic mass is 19.1. The van der Waals surface area contributed by atoms with Crippen LogP contribution in [0.4, 0.5) is 4.39 Å². The molecule has 0 amide bonds. The largest absolute Gasteiger partial charge is 0.381 e. The Morgan fingerprint density at radius 1 is 0.719 bits per heavy atom. The second-order valence-corrected chi connectivity index (χ2v) is 11.9. The van der Waals surface area contributed by atoms with E-state index in [1.54, 1.807) is 0 Å². The van der Waals surface area contributed by atoms with E-state index in [4.69, 9.17) is 4.74 Å². The van der Waals surface area contributed by atoms with Crippen molar-refractivity contribution >= 4 is 0 Å². The van der Waals surface area contributed by atoms with Gasteiger partial charge in [0, 0.05) is 7.11 Å². The van der Waals surface area contributed by atoms with Crippen LogP contribution in [0, 0.1) is 42.3 Å². The van der Waals surface area contributed by atoms with Gasteiger partial charge in [0.1, 0.15) is 5.82 Å². The van der Waals surface area contributed by atoms with Crippen molar-refractivity contribution in [2.24, 2.45) is 29.6 Å². The molecule has 3 aliphatic rings. The molecule has 1 nitrogen and oxygen atoms in total. The van der Waals surface area contributed by atoms with E-state index in [1.165, 1.54) is 76.2 Å². The lowest BCUT2D eigenvalue weighted by Crippen LogP contribution is -2.22. The van der Waals surface area contributed by atoms with Gasteiger partial charge in [-0.05, 0) is 111 Å². The van der Waals surface area contributed by atoms with Crippen molar-refractivity contribution in [2.45, 2.75) is 116 Å². The first-order valence-electron chi connectivity index (χ1n) is 13.8. The molecule has 0 N–H and O–H groups in total. The van der Waals surface area contributed by atoms with Crippen LogP contribution in [0.2, 0.25) is 0 Å². The van der Waals surface area contributed by atoms with Gasteiger partial charge in [-0.2, -0.15) is 0 Å². The number of hydrogen-bond donors (Lipinski definition) is 0. The Hall–Kier alpha value is -0.890. The number of ether oxygens (including phenoxy) is 1. The minimum Gasteiger partial charge on any atom is -0.381 e. The summed E-state index contributed by atoms with van der Waals surface area (Å²) in [5, 5.41) is 0. The molecule has 1 aromatic carbocycles. The molecule has 0 heterocycles. The van der Waals surface area contributed by atoms with E-state index < -0.39 is 0 Å². The van der Waals surface area contributed by atoms with Crippen LogP contribution in [-0.2, 0) is 17.6 Å². The van der Waals surface area contributed by atoms with Crippen LogP contribution < -0.4 is 0 Å². The van der Waals surface area contributed by atoms with Crippen LogP contribution >= 0.6 is 0 Å². The van der Waals surface area contributed by atoms with E-state index in [-0.39, 0.29) is 5.82 Å². The molecule has 0 unspecified atom stereocenters. The summed E-state index contributed by atoms with van der Waals surface area (Å²) < 4.78 is 20.8. The molecule has 2 heteroatoms. The zero-order valence-electron chi connectivity index (χ0n) is 21.0. The second-order valence-electron chi connectivity index (χ2n) is 11.9. The minimum absolute atomic E-state index is 0.0894. The van der Waals surface area contributed by atoms with Crippen molar-refractivity contribution in [3.05, 3.63) is 34.6 Å². The number of methoxy groups -OCH3 is 1. The average molecular weight is 443 g/mol. The molecule has 0 bridgehead atoms. The second kappa shape index (κ2) is 11.5. The molecular weight excluding hydrogens is 395 g/mol. The van der Waals surface area contributed by atoms with Crippen LogP contribution in [0.15, 0.2) is 12.1 Å². The summed E-state index contributed by atoms with van der Waals surface area (Å²) in [4.78, 5) is 0. The Labute approximate surface area is 196 Å². The van der Waals surface area contributed by atoms with Gasteiger partial charge < -0.3 is 4.74 Å². The molecular formula is C30H47FO. The Balaban J connectivity index is 1.24. The quantitative estimate of drug-likeness (QED) is 0.411. The Morgan fingerprint density at radius 3 is 1.78 bits per heavy atom. The van der Waals surface area contributed by atoms with Gasteiger partial charge in [-0.1, -0.05) is 57.6 Å². The lowest BCUT2D eigenvalue weighted by molar-refractivity contribution is 0.0568. The van der Waals surface area contributed by atoms with Gasteiger partial charge in [0.2, 0.25) is 0 Å². The zero-order chi connectivity index (χ0) is 22.5. The van der Waals surface area contributed by atoms with Gasteiger partial charge in [-0.15, -0.1) is 0 Å². The van der Waals surface area contributed by atoms with Crippen molar-refractivity contribution in [1.29, 1.82) is 0 Å². The number of halogens is 1. The van der Waals surface area contributed by atoms with Crippen molar-refractivity contribution in [3.8, 4) is 0 Å². The summed E-state index contributed by atoms with van der Waals surface area (Å²) in [5.41, 5.74) is 3.12. The van der Waals surface area contributed by atoms with Gasteiger partial charge >= 0.3 is 0 Å². The fraction of sp³-hybridized carbons (Fsp3) is 0.800. The molecule has 0 aromatic heterocycles. The summed E-state index contributed by atoms with van der Waals surface area (Å²) in [6.45, 7) is 4.43. The smallest absolute Gasteiger partial charge is 0.129 e. The van der Waals surface area contributed by atoms with E-state index >= 15 is 4.39 Å². The molecule has 0 radical (unpaired) electrons. The highest BCUT2D eigenvalue weighted by molar-refractivity contribution is 5.33. The molecule has 3 aliphatic carbocycles. The molecule has 3 saturated carbocycles. The first-order valence-corrected chi connectivity index (χ1v) is 13.8. The molecule has 1 aromatic rings. The lowest BCUT2D eigenvalue weighted by atomic mass is 9.72. The van der Waals surface area contributed by atoms with Crippen molar-refractivity contribution in [2.75, 3.05) is 7.11 Å². The Morgan fingerprint density at radius 2 is 1.19 bits per heavy atom. The first-order chi connectivity index (χ1) is 15.5. The highest BCUT2D eigenvalue weighted by Crippen LogP contribution is 2.39. The highest BCUT2D eigenvalue weighted by Gasteiger charge is 2.27. The van der Waals surface area contributed by atoms with Crippen LogP contribution in [0.5, 0.6) is 0 Å². The third-order valence-electron chi connectivity index (χ3n) is 9.49. The standard InChI is InChI=1S/C30H47FO/c1-21-4-6-23(7-5-21)18-24-8-10-25(11-9-24)20-28-15-14-27(22(2)30(28)31)19-26-12-16-29(32-3)17-13-26/h14-15,21,23-26,29H,4-13,16-20H2,1-3H3. The molecule has 0 atom stereocenters. The van der Waals surface area contributed by atoms with Crippen LogP contribution in [0.1, 0.15) is 107 Å². The normalized spacial score (nSPS) is 33.9. The van der Waals surface area contributed by atoms with Crippen molar-refractivity contribution < 1.29 is 9.13 Å². The number of rotatable bonds is 7. The summed E-state index contributed by atoms with van der Waals surface area (Å²) in [6, 6.07) is 4.36. The monoisotopic (exact) mass is 442 g/mol. The maximum absolute atomic E-state index is 15.3. The van der Waals surface area contributed by atoms with Crippen LogP contribution in [0.3, 0.4) is 0 Å². The van der Waals surface area contributed by atoms with E-state index in [9.17, 15) is 0 Å². The fourth-order valence-corrected chi connectivity index (χ4v) is 7.06. The molecule has 3 fully saturated rings. The maximum Gasteiger partial charge on any atom is 0.129 e. The predicted octanol–water partition coefficient (Wildman–Crippen LogP) is 8.45. The Kier molecular flexibility index (Phi) is 8.71. The molecule has 4 rings (SSSR count). The van der Waals surface area contributed by atoms with Gasteiger partial charge in [-0.3, -0.25) is 0 Å². The summed E-state index contributed by atoms with van der Waals surface area (Å²) >= 11 is 0. The SMILES string of the molecule is COC1CCC(Cc2ccc(CC3CCC(CC4CCC(C)CC4)CC3)c(F)c2C)CC1. The van der Waals surface area contributed by atoms with Crippen LogP contribution in [-0.4, -0.2) is 13.2 Å². The molecule has 0 aliphatic heterocycles. The summed E-state index contributed by atoms with van der Waals surface area (Å²) in [6.07, 6.45) is 19.8. The summed E-state index contributed by atoms with van der Waals surface area (Å²) in [7, 11) is 1.83. The molecule has 0 spiro atoms. The lowest BCUT2D eigenvalue weighted by Gasteiger charge is -2.33. The topological polar surface area (TPSA) is 9.23 Å². The summed E-state index contributed by atoms with van der Waals surface area (Å²) in [5.74, 6) is 4.34. The third-order valence-corrected chi connectivity index (χ3v) is 9.49. The van der Waals surface area contributed by atoms with E-state index in [0.717, 1.165) is 54.6 Å². The van der Waals surface area contributed by atoms with Gasteiger partial charge in [0.15, 0.2) is 0 Å². The number of benzene rings is 1. The van der Waals surface area contributed by atoms with E-state index in [0.29, 0.717) is 17.9 Å². The van der Waals surface area contributed by atoms with E-state index in [2.05, 4.69) is 19.1 Å². The predicted molar refractivity (Wildman–Crippen MR) is 132 cm³/mol. The van der Waals surface area contributed by atoms with Gasteiger partial charge in [0.05, 0.1) is 6.10 Å². The molecule has 32 heavy (non-hydrogen) atoms. The van der Waals surface area contributed by atoms with Gasteiger partial charge in [0.25, 0.3) is 0 Å².